The van der Waals surface area contributed by atoms with Gasteiger partial charge in [0.15, 0.2) is 0 Å². The Kier molecular flexibility index (Phi) is 6.91. The maximum Gasteiger partial charge on any atom is 0.411 e. The number of carbonyl (C=O) groups excluding carboxylic acids is 2. The summed E-state index contributed by atoms with van der Waals surface area (Å²) in [5, 5.41) is 13.8. The smallest absolute Gasteiger partial charge is 0.411 e. The molecule has 0 heterocycles. The average Bonchev–Trinajstić information content (AvgIpc) is 3.16. The van der Waals surface area contributed by atoms with E-state index in [1.807, 2.05) is 48.5 Å². The summed E-state index contributed by atoms with van der Waals surface area (Å²) in [6.07, 6.45) is 0.571. The third kappa shape index (κ3) is 5.06. The summed E-state index contributed by atoms with van der Waals surface area (Å²) in [6.45, 7) is 3.54. The minimum atomic E-state index is -1.26. The molecule has 0 bridgehead atoms. The van der Waals surface area contributed by atoms with E-state index < -0.39 is 29.8 Å². The number of halogens is 1. The fraction of sp³-hybridized carbons (Fsp3) is 0.148. The zero-order valence-electron chi connectivity index (χ0n) is 18.7. The number of benzene rings is 3. The zero-order valence-corrected chi connectivity index (χ0v) is 18.7. The molecule has 3 N–H and O–H groups in total. The van der Waals surface area contributed by atoms with Gasteiger partial charge in [-0.25, -0.2) is 14.0 Å². The third-order valence-electron chi connectivity index (χ3n) is 5.81. The first-order chi connectivity index (χ1) is 16.9. The predicted molar refractivity (Wildman–Crippen MR) is 129 cm³/mol. The Morgan fingerprint density at radius 3 is 2.23 bits per heavy atom. The number of carbonyl (C=O) groups is 3. The number of hydrogen-bond donors (Lipinski definition) is 3. The van der Waals surface area contributed by atoms with Crippen molar-refractivity contribution in [2.24, 2.45) is 0 Å². The summed E-state index contributed by atoms with van der Waals surface area (Å²) in [7, 11) is 0. The van der Waals surface area contributed by atoms with Crippen LogP contribution < -0.4 is 10.6 Å². The molecule has 0 fully saturated rings. The van der Waals surface area contributed by atoms with Crippen LogP contribution in [0.4, 0.5) is 14.9 Å². The largest absolute Gasteiger partial charge is 0.480 e. The highest BCUT2D eigenvalue weighted by Crippen LogP contribution is 2.44. The summed E-state index contributed by atoms with van der Waals surface area (Å²) < 4.78 is 20.0. The average molecular weight is 474 g/mol. The van der Waals surface area contributed by atoms with Crippen LogP contribution >= 0.6 is 0 Å². The van der Waals surface area contributed by atoms with Crippen LogP contribution in [-0.2, 0) is 9.53 Å². The van der Waals surface area contributed by atoms with Crippen LogP contribution in [0, 0.1) is 5.82 Å². The lowest BCUT2D eigenvalue weighted by Gasteiger charge is -2.15. The zero-order chi connectivity index (χ0) is 24.9. The highest BCUT2D eigenvalue weighted by molar-refractivity contribution is 5.97. The van der Waals surface area contributed by atoms with E-state index in [4.69, 9.17) is 9.84 Å². The van der Waals surface area contributed by atoms with E-state index in [1.165, 1.54) is 12.1 Å². The van der Waals surface area contributed by atoms with Crippen molar-refractivity contribution in [3.63, 3.8) is 0 Å². The summed E-state index contributed by atoms with van der Waals surface area (Å²) in [6, 6.07) is 18.1. The summed E-state index contributed by atoms with van der Waals surface area (Å²) in [4.78, 5) is 35.9. The monoisotopic (exact) mass is 474 g/mol. The molecule has 1 unspecified atom stereocenters. The van der Waals surface area contributed by atoms with E-state index in [9.17, 15) is 18.8 Å². The molecule has 1 atom stereocenters. The number of hydrogen-bond acceptors (Lipinski definition) is 4. The second-order valence-corrected chi connectivity index (χ2v) is 8.03. The molecule has 7 nitrogen and oxygen atoms in total. The van der Waals surface area contributed by atoms with Crippen molar-refractivity contribution >= 4 is 23.7 Å². The first-order valence-electron chi connectivity index (χ1n) is 10.9. The van der Waals surface area contributed by atoms with Gasteiger partial charge in [0, 0.05) is 11.6 Å². The van der Waals surface area contributed by atoms with Crippen molar-refractivity contribution in [1.29, 1.82) is 0 Å². The van der Waals surface area contributed by atoms with Crippen LogP contribution in [0.5, 0.6) is 0 Å². The van der Waals surface area contributed by atoms with Gasteiger partial charge in [0.2, 0.25) is 0 Å². The highest BCUT2D eigenvalue weighted by atomic mass is 19.1. The Labute approximate surface area is 201 Å². The molecule has 178 valence electrons. The van der Waals surface area contributed by atoms with E-state index >= 15 is 0 Å². The number of amides is 2. The standard InChI is InChI=1S/C27H23FN2O5/c1-2-7-24(26(32)33)30-25(31)21-13-12-16(14-23(21)28)29-27(34)35-15-22-19-10-5-3-8-17(19)18-9-4-6-11-20(18)22/h2-6,8-14,22,24H,1,7,15H2,(H,29,34)(H,30,31)(H,32,33). The van der Waals surface area contributed by atoms with Crippen molar-refractivity contribution in [2.45, 2.75) is 18.4 Å². The van der Waals surface area contributed by atoms with E-state index in [-0.39, 0.29) is 30.2 Å². The molecule has 3 aromatic carbocycles. The fourth-order valence-corrected chi connectivity index (χ4v) is 4.15. The number of aliphatic carboxylic acids is 1. The van der Waals surface area contributed by atoms with E-state index in [1.54, 1.807) is 0 Å². The van der Waals surface area contributed by atoms with Gasteiger partial charge in [-0.05, 0) is 46.9 Å². The molecular formula is C27H23FN2O5. The molecule has 2 amide bonds. The summed E-state index contributed by atoms with van der Waals surface area (Å²) in [5.41, 5.74) is 4.09. The van der Waals surface area contributed by atoms with Crippen LogP contribution in [0.15, 0.2) is 79.4 Å². The van der Waals surface area contributed by atoms with Gasteiger partial charge in [0.05, 0.1) is 5.56 Å². The fourth-order valence-electron chi connectivity index (χ4n) is 4.15. The van der Waals surface area contributed by atoms with Gasteiger partial charge < -0.3 is 15.2 Å². The number of rotatable bonds is 8. The number of carboxylic acids is 1. The molecule has 0 spiro atoms. The molecule has 4 rings (SSSR count). The third-order valence-corrected chi connectivity index (χ3v) is 5.81. The van der Waals surface area contributed by atoms with E-state index in [0.29, 0.717) is 0 Å². The van der Waals surface area contributed by atoms with Crippen molar-refractivity contribution in [3.05, 3.63) is 102 Å². The maximum absolute atomic E-state index is 14.5. The Balaban J connectivity index is 1.39. The number of fused-ring (bicyclic) bond motifs is 3. The molecule has 0 aliphatic heterocycles. The predicted octanol–water partition coefficient (Wildman–Crippen LogP) is 4.95. The lowest BCUT2D eigenvalue weighted by atomic mass is 9.98. The first kappa shape index (κ1) is 23.7. The second-order valence-electron chi connectivity index (χ2n) is 8.03. The molecule has 8 heteroatoms. The number of ether oxygens (including phenoxy) is 1. The molecule has 0 saturated carbocycles. The normalized spacial score (nSPS) is 12.7. The van der Waals surface area contributed by atoms with E-state index in [0.717, 1.165) is 34.4 Å². The van der Waals surface area contributed by atoms with Gasteiger partial charge >= 0.3 is 12.1 Å². The minimum absolute atomic E-state index is 0.00981. The summed E-state index contributed by atoms with van der Waals surface area (Å²) >= 11 is 0. The lowest BCUT2D eigenvalue weighted by Crippen LogP contribution is -2.40. The van der Waals surface area contributed by atoms with Gasteiger partial charge in [-0.1, -0.05) is 54.6 Å². The van der Waals surface area contributed by atoms with Crippen molar-refractivity contribution in [1.82, 2.24) is 5.32 Å². The number of nitrogens with one attached hydrogen (secondary N) is 2. The molecular weight excluding hydrogens is 451 g/mol. The molecule has 35 heavy (non-hydrogen) atoms. The van der Waals surface area contributed by atoms with Gasteiger partial charge in [-0.15, -0.1) is 6.58 Å². The topological polar surface area (TPSA) is 105 Å². The van der Waals surface area contributed by atoms with Crippen LogP contribution in [0.25, 0.3) is 11.1 Å². The first-order valence-corrected chi connectivity index (χ1v) is 10.9. The Bertz CT molecular complexity index is 1260. The van der Waals surface area contributed by atoms with Gasteiger partial charge in [0.25, 0.3) is 5.91 Å². The van der Waals surface area contributed by atoms with Crippen molar-refractivity contribution in [3.8, 4) is 11.1 Å². The number of anilines is 1. The van der Waals surface area contributed by atoms with Gasteiger partial charge in [0.1, 0.15) is 18.5 Å². The molecule has 3 aromatic rings. The Morgan fingerprint density at radius 1 is 1.03 bits per heavy atom. The second kappa shape index (κ2) is 10.2. The number of carboxylic acid groups (broad SMARTS) is 1. The molecule has 0 saturated heterocycles. The van der Waals surface area contributed by atoms with Crippen molar-refractivity contribution < 1.29 is 28.6 Å². The van der Waals surface area contributed by atoms with Crippen LogP contribution in [0.2, 0.25) is 0 Å². The SMILES string of the molecule is C=CCC(NC(=O)c1ccc(NC(=O)OCC2c3ccccc3-c3ccccc32)cc1F)C(=O)O. The summed E-state index contributed by atoms with van der Waals surface area (Å²) in [5.74, 6) is -3.17. The van der Waals surface area contributed by atoms with Crippen molar-refractivity contribution in [2.75, 3.05) is 11.9 Å². The highest BCUT2D eigenvalue weighted by Gasteiger charge is 2.29. The minimum Gasteiger partial charge on any atom is -0.480 e. The molecule has 0 aromatic heterocycles. The van der Waals surface area contributed by atoms with Gasteiger partial charge in [-0.2, -0.15) is 0 Å². The Hall–Kier alpha value is -4.46. The maximum atomic E-state index is 14.5. The van der Waals surface area contributed by atoms with E-state index in [2.05, 4.69) is 17.2 Å². The lowest BCUT2D eigenvalue weighted by molar-refractivity contribution is -0.139. The van der Waals surface area contributed by atoms with Crippen LogP contribution in [-0.4, -0.2) is 35.7 Å². The van der Waals surface area contributed by atoms with Crippen LogP contribution in [0.1, 0.15) is 33.8 Å². The van der Waals surface area contributed by atoms with Gasteiger partial charge in [-0.3, -0.25) is 10.1 Å². The molecule has 0 radical (unpaired) electrons. The molecule has 1 aliphatic carbocycles. The van der Waals surface area contributed by atoms with Crippen LogP contribution in [0.3, 0.4) is 0 Å². The quantitative estimate of drug-likeness (QED) is 0.401. The Morgan fingerprint density at radius 2 is 1.66 bits per heavy atom. The molecule has 1 aliphatic rings.